The third-order valence-electron chi connectivity index (χ3n) is 5.35. The third kappa shape index (κ3) is 3.24. The molecule has 2 aromatic rings. The molecule has 8 nitrogen and oxygen atoms in total. The van der Waals surface area contributed by atoms with Gasteiger partial charge < -0.3 is 24.6 Å². The quantitative estimate of drug-likeness (QED) is 0.788. The van der Waals surface area contributed by atoms with Gasteiger partial charge in [-0.05, 0) is 39.4 Å². The van der Waals surface area contributed by atoms with Crippen LogP contribution in [0.25, 0.3) is 11.0 Å². The van der Waals surface area contributed by atoms with Crippen LogP contribution >= 0.6 is 0 Å². The average molecular weight is 390 g/mol. The van der Waals surface area contributed by atoms with Gasteiger partial charge in [0.05, 0.1) is 11.0 Å². The molecule has 2 aliphatic rings. The van der Waals surface area contributed by atoms with Gasteiger partial charge in [-0.25, -0.2) is 14.2 Å². The lowest BCUT2D eigenvalue weighted by molar-refractivity contribution is 0.0365. The Morgan fingerprint density at radius 3 is 2.75 bits per heavy atom. The van der Waals surface area contributed by atoms with Crippen LogP contribution in [0.2, 0.25) is 0 Å². The maximum Gasteiger partial charge on any atom is 0.341 e. The maximum atomic E-state index is 14.9. The number of carboxylic acid groups (broad SMARTS) is 1. The van der Waals surface area contributed by atoms with Gasteiger partial charge in [-0.3, -0.25) is 4.79 Å². The summed E-state index contributed by atoms with van der Waals surface area (Å²) < 4.78 is 16.5. The number of carboxylic acids is 1. The van der Waals surface area contributed by atoms with Crippen LogP contribution in [0.5, 0.6) is 0 Å². The summed E-state index contributed by atoms with van der Waals surface area (Å²) >= 11 is 0. The first-order chi connectivity index (χ1) is 13.2. The molecule has 0 aromatic carbocycles. The van der Waals surface area contributed by atoms with E-state index in [-0.39, 0.29) is 35.0 Å². The van der Waals surface area contributed by atoms with Gasteiger partial charge in [0.1, 0.15) is 11.2 Å². The molecule has 3 heterocycles. The molecule has 28 heavy (non-hydrogen) atoms. The summed E-state index contributed by atoms with van der Waals surface area (Å²) in [6.07, 6.45) is 3.51. The highest BCUT2D eigenvalue weighted by atomic mass is 19.1. The number of aliphatic hydroxyl groups is 1. The van der Waals surface area contributed by atoms with Gasteiger partial charge in [-0.15, -0.1) is 0 Å². The molecule has 2 aromatic heterocycles. The van der Waals surface area contributed by atoms with Gasteiger partial charge in [-0.1, -0.05) is 0 Å². The highest BCUT2D eigenvalue weighted by molar-refractivity contribution is 5.92. The highest BCUT2D eigenvalue weighted by Crippen LogP contribution is 2.37. The minimum Gasteiger partial charge on any atom is -0.477 e. The summed E-state index contributed by atoms with van der Waals surface area (Å²) in [4.78, 5) is 31.9. The molecule has 0 radical (unpaired) electrons. The van der Waals surface area contributed by atoms with E-state index in [0.29, 0.717) is 19.5 Å². The Hall–Kier alpha value is -2.52. The molecular weight excluding hydrogens is 367 g/mol. The Morgan fingerprint density at radius 1 is 1.43 bits per heavy atom. The van der Waals surface area contributed by atoms with E-state index < -0.39 is 22.8 Å². The van der Waals surface area contributed by atoms with Crippen LogP contribution in [0.3, 0.4) is 0 Å². The van der Waals surface area contributed by atoms with E-state index in [1.807, 2.05) is 19.0 Å². The average Bonchev–Trinajstić information content (AvgIpc) is 3.37. The van der Waals surface area contributed by atoms with E-state index in [0.717, 1.165) is 18.9 Å². The van der Waals surface area contributed by atoms with Crippen molar-refractivity contribution < 1.29 is 19.4 Å². The number of anilines is 1. The van der Waals surface area contributed by atoms with E-state index in [1.165, 1.54) is 6.20 Å². The first-order valence-electron chi connectivity index (χ1n) is 9.29. The molecule has 1 saturated heterocycles. The first kappa shape index (κ1) is 18.8. The number of fused-ring (bicyclic) bond motifs is 1. The maximum absolute atomic E-state index is 14.9. The van der Waals surface area contributed by atoms with Crippen LogP contribution < -0.4 is 10.3 Å². The van der Waals surface area contributed by atoms with Crippen LogP contribution in [0.1, 0.15) is 35.7 Å². The number of aromatic carboxylic acids is 1. The third-order valence-corrected chi connectivity index (χ3v) is 5.35. The Balaban J connectivity index is 1.81. The van der Waals surface area contributed by atoms with Gasteiger partial charge in [0.15, 0.2) is 11.6 Å². The molecule has 1 unspecified atom stereocenters. The number of halogens is 1. The van der Waals surface area contributed by atoms with Crippen LogP contribution in [0.15, 0.2) is 17.1 Å². The molecule has 150 valence electrons. The van der Waals surface area contributed by atoms with Gasteiger partial charge in [0.2, 0.25) is 5.43 Å². The fraction of sp³-hybridized carbons (Fsp3) is 0.526. The summed E-state index contributed by atoms with van der Waals surface area (Å²) in [5.41, 5.74) is -1.79. The van der Waals surface area contributed by atoms with Gasteiger partial charge in [-0.2, -0.15) is 0 Å². The highest BCUT2D eigenvalue weighted by Gasteiger charge is 2.38. The Labute approximate surface area is 160 Å². The summed E-state index contributed by atoms with van der Waals surface area (Å²) in [7, 11) is 3.73. The molecule has 0 amide bonds. The van der Waals surface area contributed by atoms with Crippen molar-refractivity contribution in [3.8, 4) is 0 Å². The summed E-state index contributed by atoms with van der Waals surface area (Å²) in [6.45, 7) is 1.13. The summed E-state index contributed by atoms with van der Waals surface area (Å²) in [6, 6.07) is 1.14. The number of hydrogen-bond donors (Lipinski definition) is 2. The van der Waals surface area contributed by atoms with Crippen molar-refractivity contribution in [2.45, 2.75) is 30.9 Å². The molecule has 1 saturated carbocycles. The fourth-order valence-electron chi connectivity index (χ4n) is 4.00. The first-order valence-corrected chi connectivity index (χ1v) is 9.29. The fourth-order valence-corrected chi connectivity index (χ4v) is 4.00. The largest absolute Gasteiger partial charge is 0.477 e. The molecule has 1 aliphatic carbocycles. The molecule has 0 bridgehead atoms. The van der Waals surface area contributed by atoms with E-state index in [1.54, 1.807) is 9.47 Å². The number of nitrogens with zero attached hydrogens (tertiary/aromatic N) is 4. The Bertz CT molecular complexity index is 1020. The monoisotopic (exact) mass is 390 g/mol. The number of β-amino-alcohol motifs (C(OH)–C–C–N with tert-alkyl or cyclic N) is 1. The molecular formula is C19H23FN4O4. The minimum absolute atomic E-state index is 0.0317. The molecule has 1 atom stereocenters. The topological polar surface area (TPSA) is 98.9 Å². The van der Waals surface area contributed by atoms with Crippen LogP contribution in [0.4, 0.5) is 10.2 Å². The number of aromatic nitrogens is 2. The summed E-state index contributed by atoms with van der Waals surface area (Å²) in [5.74, 6) is -1.94. The molecule has 4 rings (SSSR count). The van der Waals surface area contributed by atoms with Crippen LogP contribution in [0, 0.1) is 5.82 Å². The van der Waals surface area contributed by atoms with E-state index in [9.17, 15) is 24.2 Å². The number of pyridine rings is 2. The van der Waals surface area contributed by atoms with Crippen molar-refractivity contribution in [1.29, 1.82) is 0 Å². The molecule has 9 heteroatoms. The Kier molecular flexibility index (Phi) is 4.39. The molecule has 2 fully saturated rings. The van der Waals surface area contributed by atoms with Crippen molar-refractivity contribution >= 4 is 22.8 Å². The van der Waals surface area contributed by atoms with Crippen molar-refractivity contribution in [3.05, 3.63) is 33.9 Å². The summed E-state index contributed by atoms with van der Waals surface area (Å²) in [5, 5.41) is 20.0. The number of carbonyl (C=O) groups is 1. The number of rotatable bonds is 5. The normalized spacial score (nSPS) is 22.4. The van der Waals surface area contributed by atoms with Crippen molar-refractivity contribution in [2.24, 2.45) is 0 Å². The van der Waals surface area contributed by atoms with E-state index in [4.69, 9.17) is 0 Å². The van der Waals surface area contributed by atoms with Gasteiger partial charge in [0, 0.05) is 31.9 Å². The van der Waals surface area contributed by atoms with Crippen LogP contribution in [-0.2, 0) is 0 Å². The SMILES string of the molecule is CN(C)CC1(O)CCN(c2nc3c(cc2F)c(=O)c(C(=O)O)cn3C2CC2)C1. The predicted molar refractivity (Wildman–Crippen MR) is 102 cm³/mol. The van der Waals surface area contributed by atoms with Gasteiger partial charge >= 0.3 is 5.97 Å². The second kappa shape index (κ2) is 6.52. The second-order valence-corrected chi connectivity index (χ2v) is 8.11. The lowest BCUT2D eigenvalue weighted by atomic mass is 10.0. The lowest BCUT2D eigenvalue weighted by Crippen LogP contribution is -2.42. The van der Waals surface area contributed by atoms with E-state index >= 15 is 0 Å². The molecule has 2 N–H and O–H groups in total. The number of likely N-dealkylation sites (N-methyl/N-ethyl adjacent to an activating group) is 1. The Morgan fingerprint density at radius 2 is 2.14 bits per heavy atom. The zero-order valence-electron chi connectivity index (χ0n) is 15.9. The van der Waals surface area contributed by atoms with Crippen LogP contribution in [-0.4, -0.2) is 70.0 Å². The zero-order chi connectivity index (χ0) is 20.2. The van der Waals surface area contributed by atoms with Crippen molar-refractivity contribution in [2.75, 3.05) is 38.6 Å². The van der Waals surface area contributed by atoms with Crippen molar-refractivity contribution in [1.82, 2.24) is 14.5 Å². The smallest absolute Gasteiger partial charge is 0.341 e. The molecule has 0 spiro atoms. The lowest BCUT2D eigenvalue weighted by Gasteiger charge is -2.27. The standard InChI is InChI=1S/C19H23FN4O4/c1-22(2)9-19(28)5-6-23(10-19)17-14(20)7-12-15(25)13(18(26)27)8-24(11-3-4-11)16(12)21-17/h7-8,11,28H,3-6,9-10H2,1-2H3,(H,26,27). The van der Waals surface area contributed by atoms with E-state index in [2.05, 4.69) is 4.98 Å². The van der Waals surface area contributed by atoms with Crippen molar-refractivity contribution in [3.63, 3.8) is 0 Å². The zero-order valence-corrected chi connectivity index (χ0v) is 15.9. The molecule has 1 aliphatic heterocycles. The number of hydrogen-bond acceptors (Lipinski definition) is 6. The second-order valence-electron chi connectivity index (χ2n) is 8.11. The predicted octanol–water partition coefficient (Wildman–Crippen LogP) is 1.07. The minimum atomic E-state index is -1.33. The van der Waals surface area contributed by atoms with Gasteiger partial charge in [0.25, 0.3) is 0 Å².